The molecular formula is C21H27N5O2. The Morgan fingerprint density at radius 2 is 1.96 bits per heavy atom. The smallest absolute Gasteiger partial charge is 0.273 e. The molecule has 1 amide bonds. The summed E-state index contributed by atoms with van der Waals surface area (Å²) in [5.74, 6) is 0.773. The number of nitrogens with zero attached hydrogens (tertiary/aromatic N) is 4. The Balaban J connectivity index is 1.23. The van der Waals surface area contributed by atoms with Crippen LogP contribution in [0.25, 0.3) is 6.08 Å². The van der Waals surface area contributed by atoms with Gasteiger partial charge in [0, 0.05) is 25.7 Å². The van der Waals surface area contributed by atoms with E-state index in [9.17, 15) is 4.79 Å². The summed E-state index contributed by atoms with van der Waals surface area (Å²) < 4.78 is 7.05. The van der Waals surface area contributed by atoms with Crippen molar-refractivity contribution in [2.45, 2.75) is 37.8 Å². The number of piperidine rings is 1. The number of hydrogen-bond acceptors (Lipinski definition) is 5. The van der Waals surface area contributed by atoms with Crippen molar-refractivity contribution in [1.29, 1.82) is 0 Å². The molecule has 0 spiro atoms. The van der Waals surface area contributed by atoms with Crippen LogP contribution in [-0.2, 0) is 0 Å². The Kier molecular flexibility index (Phi) is 5.71. The Bertz CT molecular complexity index is 818. The number of benzene rings is 1. The first kappa shape index (κ1) is 18.7. The fourth-order valence-corrected chi connectivity index (χ4v) is 3.47. The van der Waals surface area contributed by atoms with Gasteiger partial charge < -0.3 is 10.1 Å². The molecule has 2 fully saturated rings. The van der Waals surface area contributed by atoms with Gasteiger partial charge in [0.1, 0.15) is 5.75 Å². The van der Waals surface area contributed by atoms with Crippen molar-refractivity contribution < 1.29 is 9.53 Å². The molecule has 0 bridgehead atoms. The summed E-state index contributed by atoms with van der Waals surface area (Å²) in [6, 6.07) is 8.72. The summed E-state index contributed by atoms with van der Waals surface area (Å²) in [6.45, 7) is 2.97. The van der Waals surface area contributed by atoms with E-state index in [4.69, 9.17) is 4.74 Å². The van der Waals surface area contributed by atoms with E-state index in [-0.39, 0.29) is 5.91 Å². The van der Waals surface area contributed by atoms with Gasteiger partial charge in [-0.05, 0) is 43.4 Å². The number of carbonyl (C=O) groups is 1. The van der Waals surface area contributed by atoms with Gasteiger partial charge in [0.15, 0.2) is 5.69 Å². The van der Waals surface area contributed by atoms with Crippen LogP contribution >= 0.6 is 0 Å². The predicted octanol–water partition coefficient (Wildman–Crippen LogP) is 2.53. The average Bonchev–Trinajstić information content (AvgIpc) is 3.40. The largest absolute Gasteiger partial charge is 0.497 e. The monoisotopic (exact) mass is 381 g/mol. The van der Waals surface area contributed by atoms with Crippen molar-refractivity contribution in [2.24, 2.45) is 0 Å². The van der Waals surface area contributed by atoms with Crippen LogP contribution in [0.4, 0.5) is 0 Å². The van der Waals surface area contributed by atoms with Gasteiger partial charge in [0.05, 0.1) is 19.3 Å². The molecule has 1 saturated heterocycles. The number of hydrogen-bond donors (Lipinski definition) is 1. The lowest BCUT2D eigenvalue weighted by molar-refractivity contribution is 0.0946. The molecule has 2 aliphatic rings. The first-order valence-corrected chi connectivity index (χ1v) is 9.97. The van der Waals surface area contributed by atoms with Crippen molar-refractivity contribution in [1.82, 2.24) is 25.2 Å². The van der Waals surface area contributed by atoms with Crippen LogP contribution in [-0.4, -0.2) is 58.6 Å². The summed E-state index contributed by atoms with van der Waals surface area (Å²) >= 11 is 0. The Morgan fingerprint density at radius 3 is 2.64 bits per heavy atom. The molecule has 0 radical (unpaired) electrons. The minimum Gasteiger partial charge on any atom is -0.497 e. The highest BCUT2D eigenvalue weighted by Gasteiger charge is 2.26. The van der Waals surface area contributed by atoms with E-state index in [0.29, 0.717) is 17.8 Å². The van der Waals surface area contributed by atoms with E-state index in [1.807, 2.05) is 16.8 Å². The molecule has 28 heavy (non-hydrogen) atoms. The zero-order chi connectivity index (χ0) is 19.3. The Hall–Kier alpha value is -2.67. The third kappa shape index (κ3) is 4.78. The minimum atomic E-state index is -0.102. The molecular weight excluding hydrogens is 354 g/mol. The van der Waals surface area contributed by atoms with E-state index in [0.717, 1.165) is 51.1 Å². The van der Waals surface area contributed by atoms with Gasteiger partial charge in [0.25, 0.3) is 5.91 Å². The van der Waals surface area contributed by atoms with Gasteiger partial charge in [-0.2, -0.15) is 0 Å². The zero-order valence-corrected chi connectivity index (χ0v) is 16.3. The van der Waals surface area contributed by atoms with E-state index in [1.165, 1.54) is 5.56 Å². The maximum absolute atomic E-state index is 12.1. The molecule has 1 aromatic heterocycles. The van der Waals surface area contributed by atoms with Gasteiger partial charge >= 0.3 is 0 Å². The normalized spacial score (nSPS) is 18.5. The molecule has 1 saturated carbocycles. The number of rotatable bonds is 7. The van der Waals surface area contributed by atoms with Crippen LogP contribution in [0.3, 0.4) is 0 Å². The fourth-order valence-electron chi connectivity index (χ4n) is 3.47. The molecule has 148 valence electrons. The van der Waals surface area contributed by atoms with Gasteiger partial charge in [-0.3, -0.25) is 9.69 Å². The summed E-state index contributed by atoms with van der Waals surface area (Å²) in [5, 5.41) is 11.2. The van der Waals surface area contributed by atoms with Gasteiger partial charge in [-0.1, -0.05) is 29.5 Å². The SMILES string of the molecule is COc1ccc(C=CCN2CCC(n3cc(C(=O)NC4CC4)nn3)CC2)cc1. The summed E-state index contributed by atoms with van der Waals surface area (Å²) in [6.07, 6.45) is 10.3. The van der Waals surface area contributed by atoms with Gasteiger partial charge in [-0.15, -0.1) is 5.10 Å². The molecule has 2 heterocycles. The number of nitrogens with one attached hydrogen (secondary N) is 1. The lowest BCUT2D eigenvalue weighted by Gasteiger charge is -2.30. The first-order valence-electron chi connectivity index (χ1n) is 9.97. The zero-order valence-electron chi connectivity index (χ0n) is 16.3. The van der Waals surface area contributed by atoms with E-state index < -0.39 is 0 Å². The maximum Gasteiger partial charge on any atom is 0.273 e. The molecule has 1 aliphatic carbocycles. The second kappa shape index (κ2) is 8.56. The number of ether oxygens (including phenoxy) is 1. The molecule has 4 rings (SSSR count). The van der Waals surface area contributed by atoms with Crippen LogP contribution in [0.5, 0.6) is 5.75 Å². The molecule has 1 N–H and O–H groups in total. The standard InChI is InChI=1S/C21H27N5O2/c1-28-19-8-4-16(5-9-19)3-2-12-25-13-10-18(11-14-25)26-15-20(23-24-26)21(27)22-17-6-7-17/h2-5,8-9,15,17-18H,6-7,10-14H2,1H3,(H,22,27). The highest BCUT2D eigenvalue weighted by Crippen LogP contribution is 2.22. The highest BCUT2D eigenvalue weighted by atomic mass is 16.5. The third-order valence-corrected chi connectivity index (χ3v) is 5.38. The minimum absolute atomic E-state index is 0.102. The summed E-state index contributed by atoms with van der Waals surface area (Å²) in [5.41, 5.74) is 1.60. The Labute approximate surface area is 165 Å². The third-order valence-electron chi connectivity index (χ3n) is 5.38. The number of likely N-dealkylation sites (tertiary alicyclic amines) is 1. The van der Waals surface area contributed by atoms with Crippen molar-refractivity contribution >= 4 is 12.0 Å². The van der Waals surface area contributed by atoms with E-state index >= 15 is 0 Å². The highest BCUT2D eigenvalue weighted by molar-refractivity contribution is 5.92. The molecule has 1 aliphatic heterocycles. The molecule has 7 nitrogen and oxygen atoms in total. The van der Waals surface area contributed by atoms with Crippen molar-refractivity contribution in [3.8, 4) is 5.75 Å². The number of amides is 1. The number of aromatic nitrogens is 3. The lowest BCUT2D eigenvalue weighted by Crippen LogP contribution is -2.34. The molecule has 0 atom stereocenters. The van der Waals surface area contributed by atoms with Crippen molar-refractivity contribution in [3.05, 3.63) is 47.8 Å². The number of methoxy groups -OCH3 is 1. The van der Waals surface area contributed by atoms with Crippen LogP contribution < -0.4 is 10.1 Å². The topological polar surface area (TPSA) is 72.3 Å². The second-order valence-corrected chi connectivity index (χ2v) is 7.54. The van der Waals surface area contributed by atoms with Crippen molar-refractivity contribution in [3.63, 3.8) is 0 Å². The maximum atomic E-state index is 12.1. The van der Waals surface area contributed by atoms with Crippen LogP contribution in [0.15, 0.2) is 36.5 Å². The molecule has 7 heteroatoms. The quantitative estimate of drug-likeness (QED) is 0.798. The first-order chi connectivity index (χ1) is 13.7. The fraction of sp³-hybridized carbons (Fsp3) is 0.476. The average molecular weight is 381 g/mol. The van der Waals surface area contributed by atoms with Crippen LogP contribution in [0.2, 0.25) is 0 Å². The molecule has 1 aromatic carbocycles. The molecule has 2 aromatic rings. The second-order valence-electron chi connectivity index (χ2n) is 7.54. The van der Waals surface area contributed by atoms with Crippen LogP contribution in [0.1, 0.15) is 47.8 Å². The van der Waals surface area contributed by atoms with E-state index in [1.54, 1.807) is 13.3 Å². The van der Waals surface area contributed by atoms with Gasteiger partial charge in [0.2, 0.25) is 0 Å². The van der Waals surface area contributed by atoms with Crippen molar-refractivity contribution in [2.75, 3.05) is 26.7 Å². The Morgan fingerprint density at radius 1 is 1.21 bits per heavy atom. The lowest BCUT2D eigenvalue weighted by atomic mass is 10.1. The summed E-state index contributed by atoms with van der Waals surface area (Å²) in [7, 11) is 1.68. The summed E-state index contributed by atoms with van der Waals surface area (Å²) in [4.78, 5) is 14.5. The predicted molar refractivity (Wildman–Crippen MR) is 107 cm³/mol. The van der Waals surface area contributed by atoms with Gasteiger partial charge in [-0.25, -0.2) is 4.68 Å². The molecule has 0 unspecified atom stereocenters. The van der Waals surface area contributed by atoms with E-state index in [2.05, 4.69) is 44.8 Å². The van der Waals surface area contributed by atoms with Crippen LogP contribution in [0, 0.1) is 0 Å². The number of carbonyl (C=O) groups excluding carboxylic acids is 1.